The molecule has 13 heavy (non-hydrogen) atoms. The molecular formula is C12H14S. The average Bonchev–Trinajstić information content (AvgIpc) is 2.53. The van der Waals surface area contributed by atoms with E-state index < -0.39 is 0 Å². The Morgan fingerprint density at radius 3 is 2.62 bits per heavy atom. The van der Waals surface area contributed by atoms with Crippen LogP contribution in [0, 0.1) is 6.92 Å². The molecule has 0 bridgehead atoms. The summed E-state index contributed by atoms with van der Waals surface area (Å²) in [5, 5.41) is 3.63. The van der Waals surface area contributed by atoms with E-state index in [0.29, 0.717) is 5.92 Å². The lowest BCUT2D eigenvalue weighted by Gasteiger charge is -2.08. The average molecular weight is 190 g/mol. The fourth-order valence-electron chi connectivity index (χ4n) is 1.73. The van der Waals surface area contributed by atoms with Crippen molar-refractivity contribution in [1.29, 1.82) is 0 Å². The number of fused-ring (bicyclic) bond motifs is 1. The second kappa shape index (κ2) is 3.15. The van der Waals surface area contributed by atoms with Gasteiger partial charge in [-0.15, -0.1) is 11.3 Å². The number of hydrogen-bond donors (Lipinski definition) is 0. The van der Waals surface area contributed by atoms with Crippen LogP contribution in [0.25, 0.3) is 10.1 Å². The molecule has 68 valence electrons. The van der Waals surface area contributed by atoms with Gasteiger partial charge >= 0.3 is 0 Å². The monoisotopic (exact) mass is 190 g/mol. The molecule has 1 heterocycles. The van der Waals surface area contributed by atoms with Crippen LogP contribution in [-0.4, -0.2) is 0 Å². The Morgan fingerprint density at radius 1 is 1.15 bits per heavy atom. The molecule has 1 heteroatoms. The van der Waals surface area contributed by atoms with Crippen molar-refractivity contribution in [3.05, 3.63) is 34.7 Å². The summed E-state index contributed by atoms with van der Waals surface area (Å²) in [6.45, 7) is 6.69. The van der Waals surface area contributed by atoms with E-state index in [0.717, 1.165) is 0 Å². The lowest BCUT2D eigenvalue weighted by atomic mass is 9.98. The number of rotatable bonds is 1. The number of aryl methyl sites for hydroxylation is 1. The van der Waals surface area contributed by atoms with Gasteiger partial charge in [-0.2, -0.15) is 0 Å². The zero-order chi connectivity index (χ0) is 9.42. The molecule has 0 unspecified atom stereocenters. The van der Waals surface area contributed by atoms with Crippen molar-refractivity contribution in [2.24, 2.45) is 0 Å². The van der Waals surface area contributed by atoms with Gasteiger partial charge in [0.1, 0.15) is 0 Å². The number of hydrogen-bond acceptors (Lipinski definition) is 1. The van der Waals surface area contributed by atoms with Crippen LogP contribution in [0.2, 0.25) is 0 Å². The first-order valence-electron chi connectivity index (χ1n) is 4.67. The third kappa shape index (κ3) is 1.37. The fraction of sp³-hybridized carbons (Fsp3) is 0.333. The Balaban J connectivity index is 2.78. The highest BCUT2D eigenvalue weighted by molar-refractivity contribution is 7.17. The standard InChI is InChI=1S/C12H14S/c1-8(2)10-5-4-9(3)12-11(10)6-7-13-12/h4-8H,1-3H3. The minimum absolute atomic E-state index is 0.623. The maximum Gasteiger partial charge on any atom is 0.0374 e. The summed E-state index contributed by atoms with van der Waals surface area (Å²) < 4.78 is 1.45. The van der Waals surface area contributed by atoms with E-state index in [4.69, 9.17) is 0 Å². The zero-order valence-electron chi connectivity index (χ0n) is 8.29. The van der Waals surface area contributed by atoms with E-state index in [1.807, 2.05) is 11.3 Å². The van der Waals surface area contributed by atoms with Crippen LogP contribution in [0.3, 0.4) is 0 Å². The fourth-order valence-corrected chi connectivity index (χ4v) is 2.63. The molecule has 0 N–H and O–H groups in total. The van der Waals surface area contributed by atoms with Crippen molar-refractivity contribution in [1.82, 2.24) is 0 Å². The molecule has 0 radical (unpaired) electrons. The molecule has 0 fully saturated rings. The lowest BCUT2D eigenvalue weighted by molar-refractivity contribution is 0.876. The first kappa shape index (κ1) is 8.76. The minimum atomic E-state index is 0.623. The first-order chi connectivity index (χ1) is 6.20. The Kier molecular flexibility index (Phi) is 2.12. The van der Waals surface area contributed by atoms with Gasteiger partial charge in [-0.1, -0.05) is 26.0 Å². The van der Waals surface area contributed by atoms with E-state index in [1.54, 1.807) is 0 Å². The molecule has 1 aromatic carbocycles. The molecule has 0 saturated carbocycles. The summed E-state index contributed by atoms with van der Waals surface area (Å²) in [5.74, 6) is 0.623. The lowest BCUT2D eigenvalue weighted by Crippen LogP contribution is -1.88. The van der Waals surface area contributed by atoms with Gasteiger partial charge in [0.25, 0.3) is 0 Å². The molecule has 0 aliphatic rings. The summed E-state index contributed by atoms with van der Waals surface area (Å²) in [4.78, 5) is 0. The van der Waals surface area contributed by atoms with E-state index in [2.05, 4.69) is 44.4 Å². The van der Waals surface area contributed by atoms with Gasteiger partial charge in [0.2, 0.25) is 0 Å². The SMILES string of the molecule is Cc1ccc(C(C)C)c2ccsc12. The van der Waals surface area contributed by atoms with Gasteiger partial charge in [-0.25, -0.2) is 0 Å². The molecule has 0 saturated heterocycles. The Bertz CT molecular complexity index is 424. The van der Waals surface area contributed by atoms with Gasteiger partial charge < -0.3 is 0 Å². The van der Waals surface area contributed by atoms with Crippen molar-refractivity contribution in [3.8, 4) is 0 Å². The molecule has 2 rings (SSSR count). The van der Waals surface area contributed by atoms with Gasteiger partial charge in [0.05, 0.1) is 0 Å². The van der Waals surface area contributed by atoms with Gasteiger partial charge in [0, 0.05) is 4.70 Å². The Labute approximate surface area is 83.2 Å². The summed E-state index contributed by atoms with van der Waals surface area (Å²) in [7, 11) is 0. The molecule has 0 spiro atoms. The molecular weight excluding hydrogens is 176 g/mol. The third-order valence-electron chi connectivity index (χ3n) is 2.47. The highest BCUT2D eigenvalue weighted by Gasteiger charge is 2.06. The van der Waals surface area contributed by atoms with Crippen molar-refractivity contribution in [2.45, 2.75) is 26.7 Å². The maximum atomic E-state index is 2.26. The topological polar surface area (TPSA) is 0 Å². The highest BCUT2D eigenvalue weighted by atomic mass is 32.1. The van der Waals surface area contributed by atoms with Crippen molar-refractivity contribution >= 4 is 21.4 Å². The van der Waals surface area contributed by atoms with Crippen LogP contribution in [-0.2, 0) is 0 Å². The van der Waals surface area contributed by atoms with Crippen molar-refractivity contribution < 1.29 is 0 Å². The number of benzene rings is 1. The molecule has 0 aliphatic heterocycles. The smallest absolute Gasteiger partial charge is 0.0374 e. The minimum Gasteiger partial charge on any atom is -0.144 e. The predicted molar refractivity (Wildman–Crippen MR) is 60.7 cm³/mol. The van der Waals surface area contributed by atoms with Crippen molar-refractivity contribution in [2.75, 3.05) is 0 Å². The number of thiophene rings is 1. The Hall–Kier alpha value is -0.820. The van der Waals surface area contributed by atoms with Crippen LogP contribution in [0.5, 0.6) is 0 Å². The van der Waals surface area contributed by atoms with Gasteiger partial charge in [-0.05, 0) is 40.8 Å². The molecule has 2 aromatic rings. The summed E-state index contributed by atoms with van der Waals surface area (Å²) in [6, 6.07) is 6.73. The van der Waals surface area contributed by atoms with Gasteiger partial charge in [0.15, 0.2) is 0 Å². The van der Waals surface area contributed by atoms with Crippen molar-refractivity contribution in [3.63, 3.8) is 0 Å². The molecule has 0 nitrogen and oxygen atoms in total. The summed E-state index contributed by atoms with van der Waals surface area (Å²) in [6.07, 6.45) is 0. The van der Waals surface area contributed by atoms with Gasteiger partial charge in [-0.3, -0.25) is 0 Å². The quantitative estimate of drug-likeness (QED) is 0.627. The molecule has 0 atom stereocenters. The van der Waals surface area contributed by atoms with E-state index in [9.17, 15) is 0 Å². The first-order valence-corrected chi connectivity index (χ1v) is 5.55. The summed E-state index contributed by atoms with van der Waals surface area (Å²) in [5.41, 5.74) is 2.87. The second-order valence-corrected chi connectivity index (χ2v) is 4.71. The summed E-state index contributed by atoms with van der Waals surface area (Å²) >= 11 is 1.85. The maximum absolute atomic E-state index is 2.26. The van der Waals surface area contributed by atoms with Crippen LogP contribution < -0.4 is 0 Å². The molecule has 0 aliphatic carbocycles. The van der Waals surface area contributed by atoms with Crippen LogP contribution in [0.15, 0.2) is 23.6 Å². The highest BCUT2D eigenvalue weighted by Crippen LogP contribution is 2.31. The van der Waals surface area contributed by atoms with E-state index >= 15 is 0 Å². The van der Waals surface area contributed by atoms with Crippen LogP contribution in [0.1, 0.15) is 30.9 Å². The normalized spacial score (nSPS) is 11.4. The molecule has 1 aromatic heterocycles. The van der Waals surface area contributed by atoms with Crippen LogP contribution >= 0.6 is 11.3 Å². The zero-order valence-corrected chi connectivity index (χ0v) is 9.11. The largest absolute Gasteiger partial charge is 0.144 e. The molecule has 0 amide bonds. The van der Waals surface area contributed by atoms with E-state index in [1.165, 1.54) is 21.2 Å². The Morgan fingerprint density at radius 2 is 1.92 bits per heavy atom. The third-order valence-corrected chi connectivity index (χ3v) is 3.52. The second-order valence-electron chi connectivity index (χ2n) is 3.79. The predicted octanol–water partition coefficient (Wildman–Crippen LogP) is 4.33. The van der Waals surface area contributed by atoms with Crippen LogP contribution in [0.4, 0.5) is 0 Å². The van der Waals surface area contributed by atoms with E-state index in [-0.39, 0.29) is 0 Å².